The average Bonchev–Trinajstić information content (AvgIpc) is 3.17. The van der Waals surface area contributed by atoms with Gasteiger partial charge in [-0.1, -0.05) is 30.3 Å². The van der Waals surface area contributed by atoms with Crippen molar-refractivity contribution in [3.05, 3.63) is 58.6 Å². The van der Waals surface area contributed by atoms with Gasteiger partial charge in [0.05, 0.1) is 5.36 Å². The first kappa shape index (κ1) is 18.5. The van der Waals surface area contributed by atoms with Gasteiger partial charge >= 0.3 is 6.09 Å². The molecule has 146 valence electrons. The lowest BCUT2D eigenvalue weighted by atomic mass is 9.92. The highest BCUT2D eigenvalue weighted by Gasteiger charge is 2.31. The summed E-state index contributed by atoms with van der Waals surface area (Å²) in [5.41, 5.74) is 3.12. The molecule has 1 unspecified atom stereocenters. The number of benzene rings is 2. The molecule has 5 nitrogen and oxygen atoms in total. The summed E-state index contributed by atoms with van der Waals surface area (Å²) in [6, 6.07) is 14.8. The van der Waals surface area contributed by atoms with Crippen LogP contribution in [0.5, 0.6) is 0 Å². The Morgan fingerprint density at radius 1 is 1.18 bits per heavy atom. The predicted molar refractivity (Wildman–Crippen MR) is 110 cm³/mol. The van der Waals surface area contributed by atoms with E-state index >= 15 is 0 Å². The molecule has 5 heteroatoms. The number of nitrogens with one attached hydrogen (secondary N) is 1. The molecule has 1 amide bonds. The largest absolute Gasteiger partial charge is 0.444 e. The molecule has 0 saturated carbocycles. The molecule has 1 N–H and O–H groups in total. The van der Waals surface area contributed by atoms with Crippen molar-refractivity contribution in [1.29, 1.82) is 0 Å². The van der Waals surface area contributed by atoms with Gasteiger partial charge in [0, 0.05) is 30.4 Å². The van der Waals surface area contributed by atoms with Crippen LogP contribution in [-0.4, -0.2) is 36.4 Å². The van der Waals surface area contributed by atoms with Crippen LogP contribution < -0.4 is 15.9 Å². The Morgan fingerprint density at radius 3 is 2.71 bits per heavy atom. The Labute approximate surface area is 165 Å². The third-order valence-electron chi connectivity index (χ3n) is 5.14. The van der Waals surface area contributed by atoms with Gasteiger partial charge in [0.1, 0.15) is 12.3 Å². The van der Waals surface area contributed by atoms with E-state index in [0.717, 1.165) is 17.0 Å². The highest BCUT2D eigenvalue weighted by Crippen LogP contribution is 2.28. The molecular weight excluding hydrogens is 350 g/mol. The van der Waals surface area contributed by atoms with E-state index in [1.54, 1.807) is 0 Å². The lowest BCUT2D eigenvalue weighted by Gasteiger charge is -2.24. The first-order valence-corrected chi connectivity index (χ1v) is 9.86. The molecule has 2 aliphatic heterocycles. The zero-order chi connectivity index (χ0) is 19.7. The van der Waals surface area contributed by atoms with Crippen LogP contribution in [0.15, 0.2) is 47.5 Å². The number of amides is 1. The minimum atomic E-state index is -0.475. The number of carbonyl (C=O) groups is 1. The summed E-state index contributed by atoms with van der Waals surface area (Å²) in [5.74, 6) is 0.264. The van der Waals surface area contributed by atoms with Gasteiger partial charge in [0.15, 0.2) is 0 Å². The van der Waals surface area contributed by atoms with Crippen LogP contribution in [0.3, 0.4) is 0 Å². The number of fused-ring (bicyclic) bond motifs is 1. The summed E-state index contributed by atoms with van der Waals surface area (Å²) < 4.78 is 5.56. The van der Waals surface area contributed by atoms with Crippen molar-refractivity contribution in [3.8, 4) is 11.1 Å². The molecule has 1 fully saturated rings. The van der Waals surface area contributed by atoms with Gasteiger partial charge in [0.25, 0.3) is 0 Å². The van der Waals surface area contributed by atoms with E-state index in [1.807, 2.05) is 37.9 Å². The fourth-order valence-corrected chi connectivity index (χ4v) is 3.87. The average molecular weight is 377 g/mol. The molecule has 28 heavy (non-hydrogen) atoms. The fourth-order valence-electron chi connectivity index (χ4n) is 3.87. The number of hydrogen-bond acceptors (Lipinski definition) is 4. The monoisotopic (exact) mass is 377 g/mol. The SMILES string of the molecule is CC(C)(C)OC(=O)N1CCC(c2cc(-c3ccccc3)cc3c2=NCNC=3)C1. The zero-order valence-electron chi connectivity index (χ0n) is 16.7. The smallest absolute Gasteiger partial charge is 0.410 e. The predicted octanol–water partition coefficient (Wildman–Crippen LogP) is 3.00. The quantitative estimate of drug-likeness (QED) is 0.875. The van der Waals surface area contributed by atoms with Crippen molar-refractivity contribution in [3.63, 3.8) is 0 Å². The Morgan fingerprint density at radius 2 is 1.96 bits per heavy atom. The molecule has 2 aromatic carbocycles. The van der Waals surface area contributed by atoms with Gasteiger partial charge in [-0.3, -0.25) is 4.99 Å². The first-order valence-electron chi connectivity index (χ1n) is 9.86. The summed E-state index contributed by atoms with van der Waals surface area (Å²) in [7, 11) is 0. The molecule has 4 rings (SSSR count). The van der Waals surface area contributed by atoms with Crippen LogP contribution in [0.2, 0.25) is 0 Å². The molecule has 0 aromatic heterocycles. The summed E-state index contributed by atoms with van der Waals surface area (Å²) in [4.78, 5) is 19.0. The molecule has 2 aliphatic rings. The van der Waals surface area contributed by atoms with Crippen molar-refractivity contribution in [1.82, 2.24) is 10.2 Å². The second kappa shape index (κ2) is 7.30. The lowest BCUT2D eigenvalue weighted by molar-refractivity contribution is 0.0292. The maximum absolute atomic E-state index is 12.5. The Bertz CT molecular complexity index is 993. The Kier molecular flexibility index (Phi) is 4.84. The van der Waals surface area contributed by atoms with Crippen LogP contribution in [-0.2, 0) is 4.74 Å². The summed E-state index contributed by atoms with van der Waals surface area (Å²) in [6.45, 7) is 7.68. The Hall–Kier alpha value is -2.82. The van der Waals surface area contributed by atoms with E-state index in [1.165, 1.54) is 16.7 Å². The van der Waals surface area contributed by atoms with Crippen LogP contribution in [0.1, 0.15) is 38.7 Å². The van der Waals surface area contributed by atoms with Gasteiger partial charge in [-0.05, 0) is 56.0 Å². The van der Waals surface area contributed by atoms with Gasteiger partial charge in [-0.15, -0.1) is 0 Å². The maximum atomic E-state index is 12.5. The molecule has 2 aromatic rings. The van der Waals surface area contributed by atoms with Crippen LogP contribution >= 0.6 is 0 Å². The standard InChI is InChI=1S/C23H27N3O2/c1-23(2,3)28-22(27)26-10-9-17(14-26)20-12-18(16-7-5-4-6-8-16)11-19-13-24-15-25-21(19)20/h4-8,11-13,17,24H,9-10,14-15H2,1-3H3. The number of likely N-dealkylation sites (tertiary alicyclic amines) is 1. The van der Waals surface area contributed by atoms with Crippen molar-refractivity contribution >= 4 is 12.3 Å². The van der Waals surface area contributed by atoms with E-state index in [-0.39, 0.29) is 12.0 Å². The van der Waals surface area contributed by atoms with E-state index in [2.05, 4.69) is 41.7 Å². The minimum absolute atomic E-state index is 0.228. The molecular formula is C23H27N3O2. The summed E-state index contributed by atoms with van der Waals surface area (Å²) in [6.07, 6.45) is 2.74. The summed E-state index contributed by atoms with van der Waals surface area (Å²) >= 11 is 0. The number of carbonyl (C=O) groups excluding carboxylic acids is 1. The lowest BCUT2D eigenvalue weighted by Crippen LogP contribution is -2.38. The molecule has 1 atom stereocenters. The van der Waals surface area contributed by atoms with Crippen molar-refractivity contribution in [2.45, 2.75) is 38.7 Å². The van der Waals surface area contributed by atoms with Crippen molar-refractivity contribution in [2.75, 3.05) is 19.8 Å². The topological polar surface area (TPSA) is 53.9 Å². The van der Waals surface area contributed by atoms with E-state index in [9.17, 15) is 4.79 Å². The molecule has 1 saturated heterocycles. The highest BCUT2D eigenvalue weighted by atomic mass is 16.6. The van der Waals surface area contributed by atoms with Crippen LogP contribution in [0, 0.1) is 0 Å². The van der Waals surface area contributed by atoms with Gasteiger partial charge in [-0.2, -0.15) is 0 Å². The molecule has 0 spiro atoms. The van der Waals surface area contributed by atoms with Crippen LogP contribution in [0.4, 0.5) is 4.79 Å². The normalized spacial score (nSPS) is 18.5. The van der Waals surface area contributed by atoms with E-state index in [0.29, 0.717) is 19.8 Å². The zero-order valence-corrected chi connectivity index (χ0v) is 16.7. The molecule has 0 aliphatic carbocycles. The van der Waals surface area contributed by atoms with Gasteiger partial charge in [-0.25, -0.2) is 4.79 Å². The summed E-state index contributed by atoms with van der Waals surface area (Å²) in [5, 5.41) is 5.37. The highest BCUT2D eigenvalue weighted by molar-refractivity contribution is 5.69. The maximum Gasteiger partial charge on any atom is 0.410 e. The van der Waals surface area contributed by atoms with Crippen molar-refractivity contribution in [2.24, 2.45) is 4.99 Å². The molecule has 0 radical (unpaired) electrons. The third-order valence-corrected chi connectivity index (χ3v) is 5.14. The van der Waals surface area contributed by atoms with E-state index in [4.69, 9.17) is 9.73 Å². The van der Waals surface area contributed by atoms with Gasteiger partial charge in [0.2, 0.25) is 0 Å². The third kappa shape index (κ3) is 3.88. The van der Waals surface area contributed by atoms with E-state index < -0.39 is 5.60 Å². The second-order valence-corrected chi connectivity index (χ2v) is 8.45. The number of ether oxygens (including phenoxy) is 1. The Balaban J connectivity index is 1.68. The number of nitrogens with zero attached hydrogens (tertiary/aromatic N) is 2. The first-order chi connectivity index (χ1) is 13.4. The minimum Gasteiger partial charge on any atom is -0.444 e. The molecule has 2 heterocycles. The fraction of sp³-hybridized carbons (Fsp3) is 0.391. The van der Waals surface area contributed by atoms with Crippen molar-refractivity contribution < 1.29 is 9.53 Å². The number of rotatable bonds is 2. The number of hydrogen-bond donors (Lipinski definition) is 1. The van der Waals surface area contributed by atoms with Gasteiger partial charge < -0.3 is 15.0 Å². The molecule has 0 bridgehead atoms. The van der Waals surface area contributed by atoms with Crippen LogP contribution in [0.25, 0.3) is 17.3 Å². The second-order valence-electron chi connectivity index (χ2n) is 8.45.